The standard InChI is InChI=1S/C28H30ClF3N8O/c1-15-10-16(2)14-40(13-15)27-37-24(28(30,31)32)23(29)26(38-27)36-18-6-7-21-19(11-18)20(12-22(41)39(21)4)35-17(3)25-33-8-5-9-34-25/h5-9,11-12,15-17,35H,10,13-14H2,1-4H3,(H,36,37,38)/t15-,16+,17?. The smallest absolute Gasteiger partial charge is 0.375 e. The highest BCUT2D eigenvalue weighted by Crippen LogP contribution is 2.39. The average molecular weight is 587 g/mol. The summed E-state index contributed by atoms with van der Waals surface area (Å²) in [5, 5.41) is 6.30. The number of fused-ring (bicyclic) bond motifs is 1. The van der Waals surface area contributed by atoms with Gasteiger partial charge in [0.25, 0.3) is 5.56 Å². The molecular formula is C28H30ClF3N8O. The summed E-state index contributed by atoms with van der Waals surface area (Å²) < 4.78 is 43.5. The van der Waals surface area contributed by atoms with Crippen LogP contribution < -0.4 is 21.1 Å². The lowest BCUT2D eigenvalue weighted by molar-refractivity contribution is -0.141. The summed E-state index contributed by atoms with van der Waals surface area (Å²) in [5.41, 5.74) is 0.148. The van der Waals surface area contributed by atoms with Crippen molar-refractivity contribution in [2.45, 2.75) is 39.4 Å². The number of hydrogen-bond acceptors (Lipinski definition) is 8. The molecule has 1 aliphatic heterocycles. The van der Waals surface area contributed by atoms with Crippen LogP contribution >= 0.6 is 11.6 Å². The summed E-state index contributed by atoms with van der Waals surface area (Å²) in [6, 6.07) is 7.94. The lowest BCUT2D eigenvalue weighted by Crippen LogP contribution is -2.40. The van der Waals surface area contributed by atoms with Crippen molar-refractivity contribution in [1.29, 1.82) is 0 Å². The molecule has 3 aromatic heterocycles. The van der Waals surface area contributed by atoms with Crippen molar-refractivity contribution in [3.8, 4) is 0 Å². The van der Waals surface area contributed by atoms with Crippen LogP contribution in [-0.4, -0.2) is 37.6 Å². The van der Waals surface area contributed by atoms with Crippen LogP contribution in [-0.2, 0) is 13.2 Å². The zero-order chi connectivity index (χ0) is 29.5. The molecule has 216 valence electrons. The van der Waals surface area contributed by atoms with Crippen LogP contribution in [0.15, 0.2) is 47.5 Å². The fourth-order valence-corrected chi connectivity index (χ4v) is 5.54. The monoisotopic (exact) mass is 586 g/mol. The molecule has 0 spiro atoms. The van der Waals surface area contributed by atoms with Crippen molar-refractivity contribution in [3.05, 3.63) is 69.6 Å². The van der Waals surface area contributed by atoms with Crippen LogP contribution in [0.5, 0.6) is 0 Å². The molecule has 0 amide bonds. The van der Waals surface area contributed by atoms with E-state index >= 15 is 0 Å². The van der Waals surface area contributed by atoms with Crippen molar-refractivity contribution in [2.24, 2.45) is 18.9 Å². The van der Waals surface area contributed by atoms with Crippen molar-refractivity contribution in [2.75, 3.05) is 28.6 Å². The van der Waals surface area contributed by atoms with Crippen molar-refractivity contribution >= 4 is 45.6 Å². The first-order chi connectivity index (χ1) is 19.4. The number of benzene rings is 1. The Kier molecular flexibility index (Phi) is 7.78. The molecule has 0 aliphatic carbocycles. The maximum absolute atomic E-state index is 14.0. The molecule has 41 heavy (non-hydrogen) atoms. The molecule has 4 aromatic rings. The summed E-state index contributed by atoms with van der Waals surface area (Å²) in [7, 11) is 1.65. The van der Waals surface area contributed by atoms with E-state index in [1.807, 2.05) is 6.92 Å². The van der Waals surface area contributed by atoms with Gasteiger partial charge in [-0.2, -0.15) is 18.2 Å². The molecule has 0 radical (unpaired) electrons. The zero-order valence-electron chi connectivity index (χ0n) is 23.0. The van der Waals surface area contributed by atoms with E-state index in [2.05, 4.69) is 44.4 Å². The number of anilines is 4. The molecule has 1 aromatic carbocycles. The Morgan fingerprint density at radius 3 is 2.41 bits per heavy atom. The number of nitrogens with zero attached hydrogens (tertiary/aromatic N) is 6. The topological polar surface area (TPSA) is 101 Å². The molecule has 0 bridgehead atoms. The van der Waals surface area contributed by atoms with E-state index in [1.54, 1.807) is 48.6 Å². The summed E-state index contributed by atoms with van der Waals surface area (Å²) in [5.74, 6) is 0.928. The van der Waals surface area contributed by atoms with Crippen molar-refractivity contribution in [3.63, 3.8) is 0 Å². The van der Waals surface area contributed by atoms with Gasteiger partial charge in [-0.3, -0.25) is 4.79 Å². The molecule has 4 heterocycles. The molecular weight excluding hydrogens is 557 g/mol. The molecule has 1 saturated heterocycles. The lowest BCUT2D eigenvalue weighted by Gasteiger charge is -2.35. The number of pyridine rings is 1. The zero-order valence-corrected chi connectivity index (χ0v) is 23.8. The van der Waals surface area contributed by atoms with Crippen molar-refractivity contribution in [1.82, 2.24) is 24.5 Å². The van der Waals surface area contributed by atoms with E-state index in [-0.39, 0.29) is 35.2 Å². The fraction of sp³-hybridized carbons (Fsp3) is 0.393. The van der Waals surface area contributed by atoms with E-state index < -0.39 is 16.9 Å². The summed E-state index contributed by atoms with van der Waals surface area (Å²) in [4.78, 5) is 31.3. The van der Waals surface area contributed by atoms with E-state index in [0.29, 0.717) is 41.2 Å². The summed E-state index contributed by atoms with van der Waals surface area (Å²) in [6.07, 6.45) is -0.533. The first-order valence-electron chi connectivity index (χ1n) is 13.2. The minimum atomic E-state index is -4.77. The fourth-order valence-electron chi connectivity index (χ4n) is 5.30. The van der Waals surface area contributed by atoms with Crippen LogP contribution in [0.25, 0.3) is 10.9 Å². The Hall–Kier alpha value is -3.93. The third kappa shape index (κ3) is 6.07. The molecule has 1 fully saturated rings. The number of nitrogens with one attached hydrogen (secondary N) is 2. The van der Waals surface area contributed by atoms with Gasteiger partial charge in [-0.05, 0) is 49.4 Å². The average Bonchev–Trinajstić information content (AvgIpc) is 2.92. The number of hydrogen-bond donors (Lipinski definition) is 2. The van der Waals surface area contributed by atoms with Crippen molar-refractivity contribution < 1.29 is 13.2 Å². The van der Waals surface area contributed by atoms with Crippen LogP contribution in [0.2, 0.25) is 5.02 Å². The highest BCUT2D eigenvalue weighted by Gasteiger charge is 2.38. The van der Waals surface area contributed by atoms with Crippen LogP contribution in [0.1, 0.15) is 44.8 Å². The predicted molar refractivity (Wildman–Crippen MR) is 154 cm³/mol. The molecule has 9 nitrogen and oxygen atoms in total. The van der Waals surface area contributed by atoms with Gasteiger partial charge in [0.1, 0.15) is 10.8 Å². The second-order valence-corrected chi connectivity index (χ2v) is 11.0. The molecule has 3 atom stereocenters. The number of halogens is 4. The van der Waals surface area contributed by atoms with Gasteiger partial charge in [0.2, 0.25) is 5.95 Å². The van der Waals surface area contributed by atoms with Crippen LogP contribution in [0, 0.1) is 11.8 Å². The molecule has 13 heteroatoms. The maximum atomic E-state index is 14.0. The SMILES string of the molecule is CC(Nc1cc(=O)n(C)c2ccc(Nc3nc(N4C[C@H](C)C[C@H](C)C4)nc(C(F)(F)F)c3Cl)cc12)c1ncccn1. The maximum Gasteiger partial charge on any atom is 0.435 e. The van der Waals surface area contributed by atoms with E-state index in [9.17, 15) is 18.0 Å². The van der Waals surface area contributed by atoms with Gasteiger partial charge >= 0.3 is 6.18 Å². The van der Waals surface area contributed by atoms with Gasteiger partial charge in [0, 0.05) is 55.4 Å². The second kappa shape index (κ2) is 11.2. The van der Waals surface area contributed by atoms with E-state index in [0.717, 1.165) is 6.42 Å². The number of alkyl halides is 3. The highest BCUT2D eigenvalue weighted by atomic mass is 35.5. The number of aromatic nitrogens is 5. The van der Waals surface area contributed by atoms with Gasteiger partial charge in [0.05, 0.1) is 11.6 Å². The minimum Gasteiger partial charge on any atom is -0.375 e. The lowest BCUT2D eigenvalue weighted by atomic mass is 9.92. The van der Waals surface area contributed by atoms with Gasteiger partial charge in [-0.25, -0.2) is 15.0 Å². The van der Waals surface area contributed by atoms with Gasteiger partial charge in [-0.15, -0.1) is 0 Å². The largest absolute Gasteiger partial charge is 0.435 e. The summed E-state index contributed by atoms with van der Waals surface area (Å²) >= 11 is 6.25. The molecule has 0 saturated carbocycles. The second-order valence-electron chi connectivity index (χ2n) is 10.7. The number of rotatable bonds is 6. The molecule has 1 aliphatic rings. The Balaban J connectivity index is 1.56. The Morgan fingerprint density at radius 1 is 1.07 bits per heavy atom. The van der Waals surface area contributed by atoms with Gasteiger partial charge < -0.3 is 20.1 Å². The third-order valence-electron chi connectivity index (χ3n) is 7.11. The Labute approximate surface area is 239 Å². The molecule has 2 N–H and O–H groups in total. The quantitative estimate of drug-likeness (QED) is 0.276. The number of piperidine rings is 1. The minimum absolute atomic E-state index is 0.0233. The Bertz CT molecular complexity index is 1620. The van der Waals surface area contributed by atoms with Crippen LogP contribution in [0.4, 0.5) is 36.3 Å². The first kappa shape index (κ1) is 28.6. The van der Waals surface area contributed by atoms with Crippen LogP contribution in [0.3, 0.4) is 0 Å². The number of aryl methyl sites for hydroxylation is 1. The normalized spacial score (nSPS) is 18.4. The summed E-state index contributed by atoms with van der Waals surface area (Å²) in [6.45, 7) is 7.07. The molecule has 1 unspecified atom stereocenters. The Morgan fingerprint density at radius 2 is 1.76 bits per heavy atom. The third-order valence-corrected chi connectivity index (χ3v) is 7.47. The van der Waals surface area contributed by atoms with E-state index in [1.165, 1.54) is 10.6 Å². The highest BCUT2D eigenvalue weighted by molar-refractivity contribution is 6.33. The predicted octanol–water partition coefficient (Wildman–Crippen LogP) is 6.19. The molecule has 5 rings (SSSR count). The van der Waals surface area contributed by atoms with Gasteiger partial charge in [0.15, 0.2) is 11.5 Å². The van der Waals surface area contributed by atoms with Gasteiger partial charge in [-0.1, -0.05) is 25.4 Å². The van der Waals surface area contributed by atoms with E-state index in [4.69, 9.17) is 11.6 Å². The first-order valence-corrected chi connectivity index (χ1v) is 13.6.